The smallest absolute Gasteiger partial charge is 0.261 e. The molecule has 0 saturated carbocycles. The van der Waals surface area contributed by atoms with Gasteiger partial charge in [0.05, 0.1) is 0 Å². The monoisotopic (exact) mass is 321 g/mol. The molecule has 3 nitrogen and oxygen atoms in total. The third-order valence-electron chi connectivity index (χ3n) is 3.87. The quantitative estimate of drug-likeness (QED) is 0.751. The van der Waals surface area contributed by atoms with Gasteiger partial charge in [-0.15, -0.1) is 0 Å². The van der Waals surface area contributed by atoms with Gasteiger partial charge >= 0.3 is 0 Å². The number of halogens is 1. The van der Waals surface area contributed by atoms with Crippen molar-refractivity contribution in [2.75, 3.05) is 6.54 Å². The first-order valence-corrected chi connectivity index (χ1v) is 8.44. The second kappa shape index (κ2) is 8.84. The number of carbonyl (C=O) groups is 1. The molecule has 2 rings (SSSR count). The van der Waals surface area contributed by atoms with Crippen molar-refractivity contribution >= 4 is 17.5 Å². The molecular weight excluding hydrogens is 298 g/mol. The molecule has 1 N–H and O–H groups in total. The topological polar surface area (TPSA) is 38.3 Å². The molecule has 0 unspecified atom stereocenters. The molecule has 0 heterocycles. The van der Waals surface area contributed by atoms with Gasteiger partial charge in [0.25, 0.3) is 5.91 Å². The van der Waals surface area contributed by atoms with Crippen LogP contribution < -0.4 is 10.1 Å². The lowest BCUT2D eigenvalue weighted by Crippen LogP contribution is -2.38. The molecular formula is C18H24ClNO2. The van der Waals surface area contributed by atoms with E-state index in [-0.39, 0.29) is 5.91 Å². The van der Waals surface area contributed by atoms with Gasteiger partial charge in [-0.2, -0.15) is 0 Å². The summed E-state index contributed by atoms with van der Waals surface area (Å²) in [4.78, 5) is 12.2. The van der Waals surface area contributed by atoms with Gasteiger partial charge in [-0.25, -0.2) is 0 Å². The van der Waals surface area contributed by atoms with Crippen molar-refractivity contribution in [1.82, 2.24) is 5.32 Å². The molecule has 1 atom stereocenters. The molecule has 0 bridgehead atoms. The highest BCUT2D eigenvalue weighted by Crippen LogP contribution is 2.20. The van der Waals surface area contributed by atoms with Crippen LogP contribution in [0.5, 0.6) is 5.75 Å². The molecule has 0 radical (unpaired) electrons. The second-order valence-electron chi connectivity index (χ2n) is 5.62. The Bertz CT molecular complexity index is 528. The van der Waals surface area contributed by atoms with Crippen LogP contribution in [0.15, 0.2) is 35.9 Å². The highest BCUT2D eigenvalue weighted by Gasteiger charge is 2.18. The first-order chi connectivity index (χ1) is 10.7. The van der Waals surface area contributed by atoms with Crippen molar-refractivity contribution in [2.45, 2.75) is 51.6 Å². The standard InChI is InChI=1S/C18H24ClNO2/c1-2-17(22-16-10-6-9-15(19)13-16)18(21)20-12-11-14-7-4-3-5-8-14/h6-7,9-10,13,17H,2-5,8,11-12H2,1H3,(H,20,21)/t17-/m0/s1. The van der Waals surface area contributed by atoms with Gasteiger partial charge in [0.15, 0.2) is 6.10 Å². The zero-order chi connectivity index (χ0) is 15.8. The van der Waals surface area contributed by atoms with Gasteiger partial charge in [0.1, 0.15) is 5.75 Å². The average Bonchev–Trinajstić information content (AvgIpc) is 2.53. The molecule has 4 heteroatoms. The summed E-state index contributed by atoms with van der Waals surface area (Å²) in [7, 11) is 0. The van der Waals surface area contributed by atoms with E-state index >= 15 is 0 Å². The summed E-state index contributed by atoms with van der Waals surface area (Å²) in [6.07, 6.45) is 8.33. The van der Waals surface area contributed by atoms with E-state index in [1.807, 2.05) is 19.1 Å². The minimum absolute atomic E-state index is 0.0566. The zero-order valence-electron chi connectivity index (χ0n) is 13.1. The van der Waals surface area contributed by atoms with Gasteiger partial charge in [0, 0.05) is 11.6 Å². The Balaban J connectivity index is 1.79. The lowest BCUT2D eigenvalue weighted by atomic mass is 9.97. The summed E-state index contributed by atoms with van der Waals surface area (Å²) in [5, 5.41) is 3.59. The molecule has 1 aromatic rings. The van der Waals surface area contributed by atoms with Crippen molar-refractivity contribution in [3.05, 3.63) is 40.9 Å². The largest absolute Gasteiger partial charge is 0.481 e. The molecule has 0 spiro atoms. The van der Waals surface area contributed by atoms with Crippen molar-refractivity contribution in [3.63, 3.8) is 0 Å². The van der Waals surface area contributed by atoms with E-state index in [0.717, 1.165) is 6.42 Å². The van der Waals surface area contributed by atoms with Gasteiger partial charge in [-0.1, -0.05) is 36.2 Å². The Hall–Kier alpha value is -1.48. The van der Waals surface area contributed by atoms with E-state index in [4.69, 9.17) is 16.3 Å². The van der Waals surface area contributed by atoms with E-state index in [9.17, 15) is 4.79 Å². The van der Waals surface area contributed by atoms with Crippen LogP contribution in [0.3, 0.4) is 0 Å². The fourth-order valence-electron chi connectivity index (χ4n) is 2.62. The van der Waals surface area contributed by atoms with Gasteiger partial charge in [0.2, 0.25) is 0 Å². The number of nitrogens with one attached hydrogen (secondary N) is 1. The fraction of sp³-hybridized carbons (Fsp3) is 0.500. The molecule has 120 valence electrons. The maximum Gasteiger partial charge on any atom is 0.261 e. The van der Waals surface area contributed by atoms with E-state index in [1.54, 1.807) is 12.1 Å². The molecule has 0 saturated heterocycles. The molecule has 0 aromatic heterocycles. The Morgan fingerprint density at radius 1 is 1.41 bits per heavy atom. The number of hydrogen-bond donors (Lipinski definition) is 1. The minimum atomic E-state index is -0.473. The number of amides is 1. The summed E-state index contributed by atoms with van der Waals surface area (Å²) in [6.45, 7) is 2.62. The highest BCUT2D eigenvalue weighted by atomic mass is 35.5. The molecule has 1 aromatic carbocycles. The molecule has 0 aliphatic heterocycles. The normalized spacial score (nSPS) is 15.8. The van der Waals surface area contributed by atoms with Crippen molar-refractivity contribution in [3.8, 4) is 5.75 Å². The van der Waals surface area contributed by atoms with E-state index in [0.29, 0.717) is 23.7 Å². The summed E-state index contributed by atoms with van der Waals surface area (Å²) >= 11 is 5.93. The van der Waals surface area contributed by atoms with E-state index < -0.39 is 6.10 Å². The van der Waals surface area contributed by atoms with Crippen LogP contribution in [0.25, 0.3) is 0 Å². The maximum absolute atomic E-state index is 12.2. The molecule has 0 fully saturated rings. The highest BCUT2D eigenvalue weighted by molar-refractivity contribution is 6.30. The third kappa shape index (κ3) is 5.38. The van der Waals surface area contributed by atoms with Gasteiger partial charge in [-0.05, 0) is 56.7 Å². The first-order valence-electron chi connectivity index (χ1n) is 8.07. The SMILES string of the molecule is CC[C@H](Oc1cccc(Cl)c1)C(=O)NCCC1=CCCCC1. The molecule has 1 aliphatic carbocycles. The van der Waals surface area contributed by atoms with Crippen LogP contribution in [-0.2, 0) is 4.79 Å². The number of allylic oxidation sites excluding steroid dienone is 1. The average molecular weight is 322 g/mol. The maximum atomic E-state index is 12.2. The van der Waals surface area contributed by atoms with Crippen molar-refractivity contribution in [2.24, 2.45) is 0 Å². The number of benzene rings is 1. The van der Waals surface area contributed by atoms with Crippen LogP contribution in [0, 0.1) is 0 Å². The summed E-state index contributed by atoms with van der Waals surface area (Å²) in [5.41, 5.74) is 1.47. The van der Waals surface area contributed by atoms with Crippen LogP contribution >= 0.6 is 11.6 Å². The zero-order valence-corrected chi connectivity index (χ0v) is 13.9. The Morgan fingerprint density at radius 3 is 2.95 bits per heavy atom. The second-order valence-corrected chi connectivity index (χ2v) is 6.06. The number of ether oxygens (including phenoxy) is 1. The van der Waals surface area contributed by atoms with E-state index in [1.165, 1.54) is 31.3 Å². The van der Waals surface area contributed by atoms with Gasteiger partial charge < -0.3 is 10.1 Å². The van der Waals surface area contributed by atoms with E-state index in [2.05, 4.69) is 11.4 Å². The molecule has 1 aliphatic rings. The Labute approximate surface area is 137 Å². The van der Waals surface area contributed by atoms with Gasteiger partial charge in [-0.3, -0.25) is 4.79 Å². The minimum Gasteiger partial charge on any atom is -0.481 e. The van der Waals surface area contributed by atoms with Crippen molar-refractivity contribution < 1.29 is 9.53 Å². The predicted octanol–water partition coefficient (Wildman–Crippen LogP) is 4.50. The summed E-state index contributed by atoms with van der Waals surface area (Å²) in [6, 6.07) is 7.14. The lowest BCUT2D eigenvalue weighted by Gasteiger charge is -2.18. The number of rotatable bonds is 7. The lowest BCUT2D eigenvalue weighted by molar-refractivity contribution is -0.128. The van der Waals surface area contributed by atoms with Crippen LogP contribution in [0.4, 0.5) is 0 Å². The number of hydrogen-bond acceptors (Lipinski definition) is 2. The van der Waals surface area contributed by atoms with Crippen LogP contribution in [0.1, 0.15) is 45.4 Å². The first kappa shape index (κ1) is 16.9. The van der Waals surface area contributed by atoms with Crippen LogP contribution in [-0.4, -0.2) is 18.6 Å². The fourth-order valence-corrected chi connectivity index (χ4v) is 2.80. The van der Waals surface area contributed by atoms with Crippen molar-refractivity contribution in [1.29, 1.82) is 0 Å². The number of carbonyl (C=O) groups excluding carboxylic acids is 1. The summed E-state index contributed by atoms with van der Waals surface area (Å²) < 4.78 is 5.74. The Kier molecular flexibility index (Phi) is 6.78. The van der Waals surface area contributed by atoms with Crippen LogP contribution in [0.2, 0.25) is 5.02 Å². The molecule has 22 heavy (non-hydrogen) atoms. The predicted molar refractivity (Wildman–Crippen MR) is 90.3 cm³/mol. The molecule has 1 amide bonds. The third-order valence-corrected chi connectivity index (χ3v) is 4.10. The Morgan fingerprint density at radius 2 is 2.27 bits per heavy atom. The summed E-state index contributed by atoms with van der Waals surface area (Å²) in [5.74, 6) is 0.573.